The second-order valence-electron chi connectivity index (χ2n) is 15.8. The Labute approximate surface area is 326 Å². The van der Waals surface area contributed by atoms with Gasteiger partial charge in [0.25, 0.3) is 0 Å². The second-order valence-corrected chi connectivity index (χ2v) is 32.3. The number of aromatic nitrogens is 3. The SMILES string of the molecule is CCCCOC(=O)c1ccc(Nc2nc(NCCC[Si](C)(O[Si](C)(C)C)O[Si](C)(C)O[Si](C)(C)C)nc(Nc3ccc(C(=O)OCCCC)cc3)n2)cc1. The number of anilines is 5. The average Bonchev–Trinajstić information content (AvgIpc) is 3.05. The van der Waals surface area contributed by atoms with Crippen molar-refractivity contribution in [3.05, 3.63) is 59.7 Å². The van der Waals surface area contributed by atoms with Gasteiger partial charge in [-0.25, -0.2) is 9.59 Å². The number of rotatable bonds is 23. The normalized spacial score (nSPS) is 13.2. The number of nitrogens with zero attached hydrogens (tertiary/aromatic N) is 3. The Morgan fingerprint density at radius 2 is 1.00 bits per heavy atom. The van der Waals surface area contributed by atoms with Crippen LogP contribution in [0.4, 0.5) is 29.2 Å². The number of hydrogen-bond donors (Lipinski definition) is 3. The molecule has 17 heteroatoms. The smallest absolute Gasteiger partial charge is 0.338 e. The quantitative estimate of drug-likeness (QED) is 0.0473. The first-order chi connectivity index (χ1) is 25.3. The lowest BCUT2D eigenvalue weighted by Gasteiger charge is -2.41. The van der Waals surface area contributed by atoms with E-state index in [0.29, 0.717) is 60.1 Å². The van der Waals surface area contributed by atoms with Crippen LogP contribution in [0.2, 0.25) is 65.0 Å². The van der Waals surface area contributed by atoms with Crippen LogP contribution in [0.5, 0.6) is 0 Å². The summed E-state index contributed by atoms with van der Waals surface area (Å²) >= 11 is 0. The van der Waals surface area contributed by atoms with Crippen LogP contribution in [0.3, 0.4) is 0 Å². The fraction of sp³-hybridized carbons (Fsp3) is 0.541. The lowest BCUT2D eigenvalue weighted by Crippen LogP contribution is -2.56. The third-order valence-corrected chi connectivity index (χ3v) is 21.0. The maximum Gasteiger partial charge on any atom is 0.338 e. The van der Waals surface area contributed by atoms with Crippen LogP contribution < -0.4 is 16.0 Å². The molecule has 54 heavy (non-hydrogen) atoms. The number of unbranched alkanes of at least 4 members (excludes halogenated alkanes) is 2. The second kappa shape index (κ2) is 20.5. The number of nitrogens with one attached hydrogen (secondary N) is 3. The molecule has 3 rings (SSSR count). The molecule has 1 heterocycles. The van der Waals surface area contributed by atoms with Gasteiger partial charge in [0.1, 0.15) is 0 Å². The predicted octanol–water partition coefficient (Wildman–Crippen LogP) is 9.57. The van der Waals surface area contributed by atoms with Crippen molar-refractivity contribution < 1.29 is 31.4 Å². The molecule has 0 radical (unpaired) electrons. The van der Waals surface area contributed by atoms with Gasteiger partial charge < -0.3 is 37.8 Å². The van der Waals surface area contributed by atoms with Crippen LogP contribution in [-0.2, 0) is 21.8 Å². The van der Waals surface area contributed by atoms with E-state index in [1.54, 1.807) is 48.5 Å². The predicted molar refractivity (Wildman–Crippen MR) is 227 cm³/mol. The number of ether oxygens (including phenoxy) is 2. The summed E-state index contributed by atoms with van der Waals surface area (Å²) in [6, 6.07) is 14.7. The topological polar surface area (TPSA) is 155 Å². The van der Waals surface area contributed by atoms with Gasteiger partial charge in [-0.15, -0.1) is 0 Å². The van der Waals surface area contributed by atoms with Crippen LogP contribution in [0.1, 0.15) is 66.7 Å². The fourth-order valence-electron chi connectivity index (χ4n) is 5.65. The van der Waals surface area contributed by atoms with Crippen LogP contribution in [0, 0.1) is 0 Å². The molecule has 0 amide bonds. The van der Waals surface area contributed by atoms with E-state index in [4.69, 9.17) is 21.8 Å². The van der Waals surface area contributed by atoms with Crippen molar-refractivity contribution in [2.75, 3.05) is 35.7 Å². The highest BCUT2D eigenvalue weighted by atomic mass is 28.5. The Morgan fingerprint density at radius 1 is 0.574 bits per heavy atom. The van der Waals surface area contributed by atoms with Gasteiger partial charge in [0.15, 0.2) is 16.6 Å². The van der Waals surface area contributed by atoms with Gasteiger partial charge in [0.05, 0.1) is 24.3 Å². The molecule has 0 saturated heterocycles. The molecule has 2 aromatic carbocycles. The Bertz CT molecular complexity index is 1550. The average molecular weight is 815 g/mol. The van der Waals surface area contributed by atoms with E-state index in [-0.39, 0.29) is 11.9 Å². The number of carbonyl (C=O) groups excluding carboxylic acids is 2. The molecule has 0 aliphatic rings. The summed E-state index contributed by atoms with van der Waals surface area (Å²) < 4.78 is 30.8. The third kappa shape index (κ3) is 16.9. The maximum absolute atomic E-state index is 12.4. The molecular weight excluding hydrogens is 753 g/mol. The summed E-state index contributed by atoms with van der Waals surface area (Å²) in [5.74, 6) is 0.246. The summed E-state index contributed by atoms with van der Waals surface area (Å²) in [4.78, 5) is 38.8. The van der Waals surface area contributed by atoms with Crippen molar-refractivity contribution in [3.63, 3.8) is 0 Å². The first-order valence-corrected chi connectivity index (χ1v) is 31.1. The number of esters is 2. The Morgan fingerprint density at radius 3 is 1.41 bits per heavy atom. The van der Waals surface area contributed by atoms with Gasteiger partial charge in [-0.05, 0) is 133 Å². The zero-order valence-electron chi connectivity index (χ0n) is 34.2. The zero-order chi connectivity index (χ0) is 40.0. The van der Waals surface area contributed by atoms with E-state index in [0.717, 1.165) is 38.1 Å². The molecule has 0 spiro atoms. The largest absolute Gasteiger partial charge is 0.462 e. The van der Waals surface area contributed by atoms with Gasteiger partial charge in [0.2, 0.25) is 17.8 Å². The van der Waals surface area contributed by atoms with Gasteiger partial charge >= 0.3 is 29.1 Å². The van der Waals surface area contributed by atoms with E-state index in [1.807, 2.05) is 13.8 Å². The van der Waals surface area contributed by atoms with Crippen LogP contribution >= 0.6 is 0 Å². The van der Waals surface area contributed by atoms with E-state index in [9.17, 15) is 9.59 Å². The van der Waals surface area contributed by atoms with Gasteiger partial charge in [-0.1, -0.05) is 26.7 Å². The molecule has 1 unspecified atom stereocenters. The lowest BCUT2D eigenvalue weighted by molar-refractivity contribution is 0.0490. The molecule has 0 fully saturated rings. The van der Waals surface area contributed by atoms with Crippen molar-refractivity contribution in [2.24, 2.45) is 0 Å². The van der Waals surface area contributed by atoms with Crippen LogP contribution in [0.15, 0.2) is 48.5 Å². The molecule has 298 valence electrons. The van der Waals surface area contributed by atoms with Crippen LogP contribution in [0.25, 0.3) is 0 Å². The summed E-state index contributed by atoms with van der Waals surface area (Å²) in [6.45, 7) is 25.0. The summed E-state index contributed by atoms with van der Waals surface area (Å²) in [7, 11) is -8.72. The minimum absolute atomic E-state index is 0.297. The number of hydrogen-bond acceptors (Lipinski definition) is 13. The van der Waals surface area contributed by atoms with Crippen molar-refractivity contribution in [2.45, 2.75) is 111 Å². The summed E-state index contributed by atoms with van der Waals surface area (Å²) in [5.41, 5.74) is 2.30. The molecule has 1 aromatic heterocycles. The van der Waals surface area contributed by atoms with Crippen molar-refractivity contribution >= 4 is 74.9 Å². The molecule has 13 nitrogen and oxygen atoms in total. The standard InChI is InChI=1S/C37H62N6O7Si4/c1-12-14-26-46-33(44)29-17-21-31(22-18-29)39-36-41-35(42-37(43-36)40-32-23-19-30(20-24-32)34(45)47-27-15-13-2)38-25-16-28-54(11,49-52(6,7)8)50-53(9,10)48-51(3,4)5/h17-24H,12-16,25-28H2,1-11H3,(H3,38,39,40,41,42,43). The van der Waals surface area contributed by atoms with E-state index < -0.39 is 33.8 Å². The van der Waals surface area contributed by atoms with E-state index in [2.05, 4.69) is 89.8 Å². The maximum atomic E-state index is 12.4. The number of carbonyl (C=O) groups is 2. The molecule has 0 aliphatic carbocycles. The molecule has 3 N–H and O–H groups in total. The van der Waals surface area contributed by atoms with Gasteiger partial charge in [0, 0.05) is 17.9 Å². The Kier molecular flexibility index (Phi) is 17.0. The first kappa shape index (κ1) is 44.9. The molecular formula is C37H62N6O7Si4. The monoisotopic (exact) mass is 814 g/mol. The molecule has 1 atom stereocenters. The van der Waals surface area contributed by atoms with Gasteiger partial charge in [-0.2, -0.15) is 15.0 Å². The third-order valence-electron chi connectivity index (χ3n) is 7.48. The molecule has 0 bridgehead atoms. The van der Waals surface area contributed by atoms with Crippen molar-refractivity contribution in [1.82, 2.24) is 15.0 Å². The highest BCUT2D eigenvalue weighted by molar-refractivity contribution is 6.89. The van der Waals surface area contributed by atoms with Gasteiger partial charge in [-0.3, -0.25) is 0 Å². The summed E-state index contributed by atoms with van der Waals surface area (Å²) in [6.07, 6.45) is 4.31. The minimum Gasteiger partial charge on any atom is -0.462 e. The fourth-order valence-corrected chi connectivity index (χ4v) is 23.6. The Hall–Kier alpha value is -3.46. The Balaban J connectivity index is 1.79. The van der Waals surface area contributed by atoms with E-state index >= 15 is 0 Å². The number of benzene rings is 2. The lowest BCUT2D eigenvalue weighted by atomic mass is 10.2. The van der Waals surface area contributed by atoms with E-state index in [1.165, 1.54) is 0 Å². The summed E-state index contributed by atoms with van der Waals surface area (Å²) in [5, 5.41) is 9.84. The zero-order valence-corrected chi connectivity index (χ0v) is 38.2. The molecule has 3 aromatic rings. The highest BCUT2D eigenvalue weighted by Crippen LogP contribution is 2.28. The van der Waals surface area contributed by atoms with Crippen molar-refractivity contribution in [1.29, 1.82) is 0 Å². The molecule has 0 aliphatic heterocycles. The first-order valence-electron chi connectivity index (χ1n) is 19.0. The van der Waals surface area contributed by atoms with Crippen LogP contribution in [-0.4, -0.2) is 80.4 Å². The minimum atomic E-state index is -2.59. The highest BCUT2D eigenvalue weighted by Gasteiger charge is 2.44. The van der Waals surface area contributed by atoms with Crippen molar-refractivity contribution in [3.8, 4) is 0 Å². The molecule has 0 saturated carbocycles.